The molecule has 2 aromatic carbocycles. The molecule has 3 aliphatic heterocycles. The van der Waals surface area contributed by atoms with Gasteiger partial charge in [-0.15, -0.1) is 0 Å². The number of methoxy groups -OCH3 is 1. The number of para-hydroxylation sites is 2. The fourth-order valence-corrected chi connectivity index (χ4v) is 5.80. The Labute approximate surface area is 175 Å². The van der Waals surface area contributed by atoms with Crippen molar-refractivity contribution in [3.63, 3.8) is 0 Å². The molecular formula is C25H33N3O. The smallest absolute Gasteiger partial charge is 0.122 e. The van der Waals surface area contributed by atoms with Gasteiger partial charge in [0.25, 0.3) is 0 Å². The summed E-state index contributed by atoms with van der Waals surface area (Å²) in [4.78, 5) is 7.91. The molecule has 154 valence electrons. The fourth-order valence-electron chi connectivity index (χ4n) is 5.80. The maximum Gasteiger partial charge on any atom is 0.122 e. The molecule has 0 bridgehead atoms. The Bertz CT molecular complexity index is 867. The van der Waals surface area contributed by atoms with Crippen LogP contribution in [0.3, 0.4) is 0 Å². The van der Waals surface area contributed by atoms with Crippen molar-refractivity contribution >= 4 is 11.4 Å². The number of benzene rings is 2. The van der Waals surface area contributed by atoms with Crippen molar-refractivity contribution in [3.05, 3.63) is 53.6 Å². The third kappa shape index (κ3) is 3.38. The van der Waals surface area contributed by atoms with Crippen LogP contribution in [0.4, 0.5) is 11.4 Å². The summed E-state index contributed by atoms with van der Waals surface area (Å²) in [6.45, 7) is 5.98. The van der Waals surface area contributed by atoms with E-state index in [1.807, 2.05) is 0 Å². The van der Waals surface area contributed by atoms with Crippen LogP contribution in [0.1, 0.15) is 36.3 Å². The van der Waals surface area contributed by atoms with Crippen LogP contribution in [0.5, 0.6) is 5.75 Å². The van der Waals surface area contributed by atoms with Gasteiger partial charge in [0.2, 0.25) is 0 Å². The Morgan fingerprint density at radius 1 is 1.03 bits per heavy atom. The van der Waals surface area contributed by atoms with Gasteiger partial charge in [0, 0.05) is 45.2 Å². The van der Waals surface area contributed by atoms with Crippen molar-refractivity contribution in [2.45, 2.75) is 37.6 Å². The van der Waals surface area contributed by atoms with Crippen LogP contribution in [-0.4, -0.2) is 57.8 Å². The number of hydrogen-bond donors (Lipinski definition) is 0. The molecule has 0 amide bonds. The quantitative estimate of drug-likeness (QED) is 0.762. The van der Waals surface area contributed by atoms with Crippen molar-refractivity contribution in [1.82, 2.24) is 4.90 Å². The molecule has 0 aromatic heterocycles. The first-order valence-electron chi connectivity index (χ1n) is 11.2. The van der Waals surface area contributed by atoms with Gasteiger partial charge in [-0.1, -0.05) is 30.3 Å². The van der Waals surface area contributed by atoms with Gasteiger partial charge < -0.3 is 19.4 Å². The lowest BCUT2D eigenvalue weighted by molar-refractivity contribution is 0.191. The number of hydrogen-bond acceptors (Lipinski definition) is 4. The summed E-state index contributed by atoms with van der Waals surface area (Å²) in [7, 11) is 4.03. The van der Waals surface area contributed by atoms with Crippen molar-refractivity contribution < 1.29 is 4.74 Å². The summed E-state index contributed by atoms with van der Waals surface area (Å²) in [6.07, 6.45) is 4.83. The largest absolute Gasteiger partial charge is 0.496 e. The maximum atomic E-state index is 5.52. The van der Waals surface area contributed by atoms with Crippen molar-refractivity contribution in [2.24, 2.45) is 0 Å². The lowest BCUT2D eigenvalue weighted by atomic mass is 9.88. The van der Waals surface area contributed by atoms with E-state index in [9.17, 15) is 0 Å². The molecule has 0 saturated carbocycles. The molecule has 2 aromatic rings. The Kier molecular flexibility index (Phi) is 5.13. The molecule has 3 aliphatic rings. The van der Waals surface area contributed by atoms with E-state index in [2.05, 4.69) is 64.2 Å². The molecule has 0 N–H and O–H groups in total. The van der Waals surface area contributed by atoms with Gasteiger partial charge in [-0.3, -0.25) is 0 Å². The SMILES string of the molecule is COc1ccccc1CCCN1CC[C@H]2[C@@H](C1)c1cccc3c1N2CCCN3C. The van der Waals surface area contributed by atoms with Crippen LogP contribution in [0.15, 0.2) is 42.5 Å². The molecule has 2 atom stereocenters. The predicted octanol–water partition coefficient (Wildman–Crippen LogP) is 4.15. The lowest BCUT2D eigenvalue weighted by Gasteiger charge is -2.39. The zero-order chi connectivity index (χ0) is 19.8. The van der Waals surface area contributed by atoms with E-state index in [-0.39, 0.29) is 0 Å². The van der Waals surface area contributed by atoms with Crippen LogP contribution in [0.25, 0.3) is 0 Å². The average Bonchev–Trinajstić information content (AvgIpc) is 2.96. The van der Waals surface area contributed by atoms with Crippen molar-refractivity contribution in [2.75, 3.05) is 56.7 Å². The summed E-state index contributed by atoms with van der Waals surface area (Å²) in [5, 5.41) is 0. The van der Waals surface area contributed by atoms with Gasteiger partial charge in [-0.05, 0) is 55.5 Å². The molecule has 4 heteroatoms. The highest BCUT2D eigenvalue weighted by molar-refractivity contribution is 5.79. The van der Waals surface area contributed by atoms with Crippen molar-refractivity contribution in [1.29, 1.82) is 0 Å². The van der Waals surface area contributed by atoms with Gasteiger partial charge in [-0.2, -0.15) is 0 Å². The van der Waals surface area contributed by atoms with E-state index in [1.165, 1.54) is 63.2 Å². The van der Waals surface area contributed by atoms with E-state index in [0.717, 1.165) is 12.2 Å². The number of aryl methyl sites for hydroxylation is 1. The highest BCUT2D eigenvalue weighted by Crippen LogP contribution is 2.49. The number of nitrogens with zero attached hydrogens (tertiary/aromatic N) is 3. The summed E-state index contributed by atoms with van der Waals surface area (Å²) in [6, 6.07) is 16.1. The number of likely N-dealkylation sites (tertiary alicyclic amines) is 1. The van der Waals surface area contributed by atoms with E-state index in [4.69, 9.17) is 4.74 Å². The van der Waals surface area contributed by atoms with Crippen LogP contribution >= 0.6 is 0 Å². The van der Waals surface area contributed by atoms with Crippen LogP contribution in [0, 0.1) is 0 Å². The van der Waals surface area contributed by atoms with Crippen LogP contribution < -0.4 is 14.5 Å². The van der Waals surface area contributed by atoms with Crippen molar-refractivity contribution in [3.8, 4) is 5.75 Å². The van der Waals surface area contributed by atoms with E-state index >= 15 is 0 Å². The number of ether oxygens (including phenoxy) is 1. The normalized spacial score (nSPS) is 23.5. The molecule has 1 saturated heterocycles. The molecule has 0 spiro atoms. The molecule has 4 nitrogen and oxygen atoms in total. The second kappa shape index (κ2) is 7.91. The maximum absolute atomic E-state index is 5.52. The van der Waals surface area contributed by atoms with E-state index in [0.29, 0.717) is 12.0 Å². The molecule has 5 rings (SSSR count). The average molecular weight is 392 g/mol. The minimum Gasteiger partial charge on any atom is -0.496 e. The molecule has 0 radical (unpaired) electrons. The Balaban J connectivity index is 1.28. The van der Waals surface area contributed by atoms with E-state index in [1.54, 1.807) is 18.4 Å². The summed E-state index contributed by atoms with van der Waals surface area (Å²) in [5.41, 5.74) is 5.91. The summed E-state index contributed by atoms with van der Waals surface area (Å²) in [5.74, 6) is 1.69. The fraction of sp³-hybridized carbons (Fsp3) is 0.520. The first-order valence-corrected chi connectivity index (χ1v) is 11.2. The van der Waals surface area contributed by atoms with Gasteiger partial charge in [-0.25, -0.2) is 0 Å². The molecule has 0 unspecified atom stereocenters. The highest BCUT2D eigenvalue weighted by atomic mass is 16.5. The summed E-state index contributed by atoms with van der Waals surface area (Å²) >= 11 is 0. The minimum atomic E-state index is 0.663. The van der Waals surface area contributed by atoms with Gasteiger partial charge >= 0.3 is 0 Å². The zero-order valence-electron chi connectivity index (χ0n) is 17.8. The van der Waals surface area contributed by atoms with Gasteiger partial charge in [0.1, 0.15) is 5.75 Å². The summed E-state index contributed by atoms with van der Waals surface area (Å²) < 4.78 is 5.52. The Morgan fingerprint density at radius 2 is 1.93 bits per heavy atom. The molecule has 29 heavy (non-hydrogen) atoms. The van der Waals surface area contributed by atoms with Gasteiger partial charge in [0.05, 0.1) is 18.5 Å². The Hall–Kier alpha value is -2.20. The number of rotatable bonds is 5. The van der Waals surface area contributed by atoms with E-state index < -0.39 is 0 Å². The second-order valence-corrected chi connectivity index (χ2v) is 8.86. The topological polar surface area (TPSA) is 19.0 Å². The lowest BCUT2D eigenvalue weighted by Crippen LogP contribution is -2.46. The molecule has 0 aliphatic carbocycles. The third-order valence-corrected chi connectivity index (χ3v) is 7.21. The van der Waals surface area contributed by atoms with Gasteiger partial charge in [0.15, 0.2) is 0 Å². The molecule has 3 heterocycles. The van der Waals surface area contributed by atoms with Crippen LogP contribution in [0.2, 0.25) is 0 Å². The highest BCUT2D eigenvalue weighted by Gasteiger charge is 2.43. The number of anilines is 2. The zero-order valence-corrected chi connectivity index (χ0v) is 17.8. The minimum absolute atomic E-state index is 0.663. The third-order valence-electron chi connectivity index (χ3n) is 7.21. The number of piperidine rings is 1. The monoisotopic (exact) mass is 391 g/mol. The molecule has 1 fully saturated rings. The first-order chi connectivity index (χ1) is 14.3. The van der Waals surface area contributed by atoms with Crippen LogP contribution in [-0.2, 0) is 6.42 Å². The predicted molar refractivity (Wildman–Crippen MR) is 121 cm³/mol. The molecular weight excluding hydrogens is 358 g/mol. The second-order valence-electron chi connectivity index (χ2n) is 8.86. The standard InChI is InChI=1S/C25H33N3O/c1-26-14-7-16-28-22-13-17-27(15-6-9-19-8-3-4-12-24(19)29-2)18-21(22)20-10-5-11-23(26)25(20)28/h3-5,8,10-12,21-22H,6-7,9,13-18H2,1-2H3/t21-,22-/m0/s1. The Morgan fingerprint density at radius 3 is 2.83 bits per heavy atom. The number of fused-ring (bicyclic) bond motifs is 3. The first kappa shape index (κ1) is 18.8.